The summed E-state index contributed by atoms with van der Waals surface area (Å²) in [4.78, 5) is 17.2. The molecule has 3 aromatic carbocycles. The minimum Gasteiger partial charge on any atom is -0.492 e. The number of benzene rings is 3. The predicted octanol–water partition coefficient (Wildman–Crippen LogP) is 5.42. The van der Waals surface area contributed by atoms with Crippen LogP contribution in [0.15, 0.2) is 107 Å². The molecule has 2 aliphatic rings. The maximum atomic E-state index is 13.0. The van der Waals surface area contributed by atoms with Gasteiger partial charge in [-0.05, 0) is 48.2 Å². The molecule has 1 amide bonds. The highest BCUT2D eigenvalue weighted by atomic mass is 32.2. The van der Waals surface area contributed by atoms with Gasteiger partial charge < -0.3 is 14.0 Å². The van der Waals surface area contributed by atoms with Gasteiger partial charge in [0.25, 0.3) is 5.91 Å². The molecule has 2 aliphatic heterocycles. The number of aromatic nitrogens is 1. The highest BCUT2D eigenvalue weighted by Crippen LogP contribution is 2.30. The van der Waals surface area contributed by atoms with E-state index in [0.717, 1.165) is 28.0 Å². The molecule has 1 N–H and O–H groups in total. The fourth-order valence-electron chi connectivity index (χ4n) is 4.26. The molecule has 0 fully saturated rings. The number of amides is 1. The Labute approximate surface area is 223 Å². The molecule has 0 saturated carbocycles. The summed E-state index contributed by atoms with van der Waals surface area (Å²) < 4.78 is 13.8. The Balaban J connectivity index is 1.22. The maximum Gasteiger partial charge on any atom is 0.283 e. The number of fused-ring (bicyclic) bond motifs is 2. The van der Waals surface area contributed by atoms with Crippen molar-refractivity contribution in [2.45, 2.75) is 6.54 Å². The lowest BCUT2D eigenvalue weighted by Crippen LogP contribution is -2.35. The molecule has 38 heavy (non-hydrogen) atoms. The van der Waals surface area contributed by atoms with Gasteiger partial charge in [-0.2, -0.15) is 15.1 Å². The van der Waals surface area contributed by atoms with E-state index in [-0.39, 0.29) is 18.0 Å². The number of hydrogen-bond donors (Lipinski definition) is 1. The number of thioether (sulfide) groups is 1. The Morgan fingerprint density at radius 1 is 0.895 bits per heavy atom. The molecule has 4 aromatic rings. The lowest BCUT2D eigenvalue weighted by molar-refractivity contribution is -0.114. The molecule has 0 aliphatic carbocycles. The quantitative estimate of drug-likeness (QED) is 0.313. The average molecular weight is 522 g/mol. The van der Waals surface area contributed by atoms with E-state index in [0.29, 0.717) is 23.4 Å². The number of hydrazone groups is 1. The highest BCUT2D eigenvalue weighted by molar-refractivity contribution is 8.27. The van der Waals surface area contributed by atoms with Crippen LogP contribution in [0.4, 0.5) is 0 Å². The second kappa shape index (κ2) is 10.4. The number of nitrogens with zero attached hydrogens (tertiary/aromatic N) is 4. The SMILES string of the molecule is N=C1/C(=C\c2cn(CCOc3ccccc3)c3ccccc23)C(=O)N=C2SC(COc3ccccc3)=NN12. The summed E-state index contributed by atoms with van der Waals surface area (Å²) in [6.45, 7) is 1.35. The number of amidine groups is 2. The molecule has 3 heterocycles. The van der Waals surface area contributed by atoms with Gasteiger partial charge in [-0.3, -0.25) is 10.2 Å². The van der Waals surface area contributed by atoms with Crippen molar-refractivity contribution in [3.8, 4) is 11.5 Å². The van der Waals surface area contributed by atoms with Gasteiger partial charge >= 0.3 is 0 Å². The fraction of sp³-hybridized carbons (Fsp3) is 0.103. The normalized spacial score (nSPS) is 16.0. The van der Waals surface area contributed by atoms with Gasteiger partial charge in [0.05, 0.1) is 12.1 Å². The van der Waals surface area contributed by atoms with Crippen LogP contribution in [-0.2, 0) is 11.3 Å². The number of hydrogen-bond acceptors (Lipinski definition) is 6. The Morgan fingerprint density at radius 3 is 2.34 bits per heavy atom. The summed E-state index contributed by atoms with van der Waals surface area (Å²) in [5.74, 6) is 1.07. The van der Waals surface area contributed by atoms with Crippen molar-refractivity contribution in [2.24, 2.45) is 10.1 Å². The Morgan fingerprint density at radius 2 is 1.58 bits per heavy atom. The van der Waals surface area contributed by atoms with Crippen LogP contribution in [0.1, 0.15) is 5.56 Å². The molecule has 8 nitrogen and oxygen atoms in total. The smallest absolute Gasteiger partial charge is 0.283 e. The molecule has 6 rings (SSSR count). The van der Waals surface area contributed by atoms with Gasteiger partial charge in [0, 0.05) is 22.7 Å². The lowest BCUT2D eigenvalue weighted by Gasteiger charge is -2.20. The number of rotatable bonds is 8. The van der Waals surface area contributed by atoms with Gasteiger partial charge in [0.1, 0.15) is 29.8 Å². The first-order valence-electron chi connectivity index (χ1n) is 12.1. The summed E-state index contributed by atoms with van der Waals surface area (Å²) in [5, 5.41) is 16.6. The van der Waals surface area contributed by atoms with Crippen LogP contribution in [0.25, 0.3) is 17.0 Å². The van der Waals surface area contributed by atoms with Gasteiger partial charge in [-0.25, -0.2) is 0 Å². The maximum absolute atomic E-state index is 13.0. The van der Waals surface area contributed by atoms with E-state index in [1.807, 2.05) is 91.1 Å². The number of para-hydroxylation sites is 3. The van der Waals surface area contributed by atoms with Crippen LogP contribution in [-0.4, -0.2) is 44.7 Å². The lowest BCUT2D eigenvalue weighted by atomic mass is 10.1. The molecular formula is C29H23N5O3S. The van der Waals surface area contributed by atoms with Crippen LogP contribution in [0.5, 0.6) is 11.5 Å². The first kappa shape index (κ1) is 23.7. The molecule has 0 unspecified atom stereocenters. The zero-order chi connectivity index (χ0) is 25.9. The number of carbonyl (C=O) groups is 1. The van der Waals surface area contributed by atoms with Crippen molar-refractivity contribution in [3.05, 3.63) is 102 Å². The summed E-state index contributed by atoms with van der Waals surface area (Å²) >= 11 is 1.24. The molecular weight excluding hydrogens is 498 g/mol. The predicted molar refractivity (Wildman–Crippen MR) is 151 cm³/mol. The third-order valence-corrected chi connectivity index (χ3v) is 6.95. The zero-order valence-electron chi connectivity index (χ0n) is 20.3. The Bertz CT molecular complexity index is 1610. The van der Waals surface area contributed by atoms with Crippen molar-refractivity contribution in [2.75, 3.05) is 13.2 Å². The molecule has 0 atom stereocenters. The van der Waals surface area contributed by atoms with Crippen molar-refractivity contribution in [1.82, 2.24) is 9.58 Å². The van der Waals surface area contributed by atoms with Crippen LogP contribution in [0.2, 0.25) is 0 Å². The minimum absolute atomic E-state index is 0.00791. The Hall–Kier alpha value is -4.63. The van der Waals surface area contributed by atoms with E-state index >= 15 is 0 Å². The third kappa shape index (κ3) is 4.83. The number of nitrogens with one attached hydrogen (secondary N) is 1. The van der Waals surface area contributed by atoms with Crippen molar-refractivity contribution < 1.29 is 14.3 Å². The number of carbonyl (C=O) groups excluding carboxylic acids is 1. The standard InChI is InChI=1S/C29H23N5O3S/c30-27-24(28(35)31-29-34(27)32-26(38-29)19-37-22-11-5-2-6-12-22)17-20-18-33(25-14-8-7-13-23(20)25)15-16-36-21-9-3-1-4-10-21/h1-14,17-18,30H,15-16,19H2/b24-17+,30-27?. The molecule has 188 valence electrons. The first-order chi connectivity index (χ1) is 18.7. The fourth-order valence-corrected chi connectivity index (χ4v) is 5.06. The van der Waals surface area contributed by atoms with Crippen LogP contribution in [0, 0.1) is 5.41 Å². The highest BCUT2D eigenvalue weighted by Gasteiger charge is 2.36. The summed E-state index contributed by atoms with van der Waals surface area (Å²) in [5.41, 5.74) is 2.03. The largest absolute Gasteiger partial charge is 0.492 e. The molecule has 1 aromatic heterocycles. The van der Waals surface area contributed by atoms with Crippen LogP contribution >= 0.6 is 11.8 Å². The Kier molecular flexibility index (Phi) is 6.49. The average Bonchev–Trinajstić information content (AvgIpc) is 3.52. The van der Waals surface area contributed by atoms with Crippen molar-refractivity contribution >= 4 is 50.7 Å². The summed E-state index contributed by atoms with van der Waals surface area (Å²) in [6, 6.07) is 27.1. The summed E-state index contributed by atoms with van der Waals surface area (Å²) in [6.07, 6.45) is 3.70. The second-order valence-corrected chi connectivity index (χ2v) is 9.61. The molecule has 0 spiro atoms. The van der Waals surface area contributed by atoms with Gasteiger partial charge in [0.2, 0.25) is 5.17 Å². The second-order valence-electron chi connectivity index (χ2n) is 8.57. The van der Waals surface area contributed by atoms with Gasteiger partial charge in [0.15, 0.2) is 5.84 Å². The van der Waals surface area contributed by atoms with Crippen LogP contribution < -0.4 is 9.47 Å². The molecule has 0 radical (unpaired) electrons. The van der Waals surface area contributed by atoms with E-state index in [4.69, 9.17) is 14.9 Å². The molecule has 9 heteroatoms. The topological polar surface area (TPSA) is 92.3 Å². The van der Waals surface area contributed by atoms with E-state index in [1.165, 1.54) is 16.8 Å². The van der Waals surface area contributed by atoms with E-state index in [2.05, 4.69) is 14.7 Å². The van der Waals surface area contributed by atoms with E-state index in [9.17, 15) is 4.79 Å². The van der Waals surface area contributed by atoms with Crippen LogP contribution in [0.3, 0.4) is 0 Å². The third-order valence-electron chi connectivity index (χ3n) is 6.07. The summed E-state index contributed by atoms with van der Waals surface area (Å²) in [7, 11) is 0. The number of ether oxygens (including phenoxy) is 2. The van der Waals surface area contributed by atoms with Crippen molar-refractivity contribution in [1.29, 1.82) is 5.41 Å². The zero-order valence-corrected chi connectivity index (χ0v) is 21.1. The van der Waals surface area contributed by atoms with E-state index in [1.54, 1.807) is 6.08 Å². The number of aliphatic imine (C=N–C) groups is 1. The van der Waals surface area contributed by atoms with Gasteiger partial charge in [-0.1, -0.05) is 54.6 Å². The minimum atomic E-state index is -0.460. The van der Waals surface area contributed by atoms with Crippen molar-refractivity contribution in [3.63, 3.8) is 0 Å². The van der Waals surface area contributed by atoms with E-state index < -0.39 is 5.91 Å². The first-order valence-corrected chi connectivity index (χ1v) is 12.9. The molecule has 0 bridgehead atoms. The monoisotopic (exact) mass is 521 g/mol. The molecule has 0 saturated heterocycles. The van der Waals surface area contributed by atoms with Gasteiger partial charge in [-0.15, -0.1) is 0 Å².